The lowest BCUT2D eigenvalue weighted by Gasteiger charge is -2.44. The first kappa shape index (κ1) is 26.5. The maximum atomic E-state index is 15.2. The standard InChI is InChI=1S/C24H39BFNO5/c1-15(2)14-24(10,30-20(27)28)19(21(3,4)5)29-18-12-11-16(13-17(18)26)25-31-22(6,7)23(8,9)32-25/h11-13,15,19H,14H2,1-10H3,(H2,27,28)/t19-,24?/m0/s1. The number of carbonyl (C=O) groups is 1. The molecule has 0 radical (unpaired) electrons. The topological polar surface area (TPSA) is 80.0 Å². The van der Waals surface area contributed by atoms with E-state index >= 15 is 4.39 Å². The fourth-order valence-corrected chi connectivity index (χ4v) is 4.33. The normalized spacial score (nSPS) is 20.7. The van der Waals surface area contributed by atoms with Gasteiger partial charge in [0.2, 0.25) is 0 Å². The fraction of sp³-hybridized carbons (Fsp3) is 0.708. The molecule has 2 N–H and O–H groups in total. The molecule has 0 bridgehead atoms. The number of ether oxygens (including phenoxy) is 2. The van der Waals surface area contributed by atoms with Gasteiger partial charge in [0, 0.05) is 5.41 Å². The zero-order valence-electron chi connectivity index (χ0n) is 21.2. The molecule has 2 rings (SSSR count). The molecule has 1 aliphatic rings. The minimum Gasteiger partial charge on any atom is -0.483 e. The Morgan fingerprint density at radius 1 is 1.12 bits per heavy atom. The largest absolute Gasteiger partial charge is 0.494 e. The number of rotatable bonds is 7. The van der Waals surface area contributed by atoms with Gasteiger partial charge in [0.1, 0.15) is 11.7 Å². The molecular weight excluding hydrogens is 412 g/mol. The van der Waals surface area contributed by atoms with Crippen LogP contribution >= 0.6 is 0 Å². The molecule has 1 aromatic rings. The van der Waals surface area contributed by atoms with Gasteiger partial charge in [-0.1, -0.05) is 40.7 Å². The second-order valence-electron chi connectivity index (χ2n) is 11.5. The third kappa shape index (κ3) is 5.76. The second kappa shape index (κ2) is 8.86. The Morgan fingerprint density at radius 3 is 2.06 bits per heavy atom. The number of primary amides is 1. The Labute approximate surface area is 192 Å². The number of halogens is 1. The predicted octanol–water partition coefficient (Wildman–Crippen LogP) is 4.82. The van der Waals surface area contributed by atoms with Crippen LogP contribution in [-0.2, 0) is 14.0 Å². The summed E-state index contributed by atoms with van der Waals surface area (Å²) in [6, 6.07) is 4.66. The van der Waals surface area contributed by atoms with Crippen molar-refractivity contribution in [2.75, 3.05) is 0 Å². The highest BCUT2D eigenvalue weighted by Crippen LogP contribution is 2.39. The molecule has 1 unspecified atom stereocenters. The Morgan fingerprint density at radius 2 is 1.66 bits per heavy atom. The molecule has 180 valence electrons. The SMILES string of the molecule is CC(C)CC(C)(OC(N)=O)[C@@H](Oc1ccc(B2OC(C)(C)C(C)(C)O2)cc1F)C(C)(C)C. The number of hydrogen-bond acceptors (Lipinski definition) is 5. The number of amides is 1. The summed E-state index contributed by atoms with van der Waals surface area (Å²) in [4.78, 5) is 11.7. The molecule has 1 aromatic carbocycles. The van der Waals surface area contributed by atoms with Crippen LogP contribution in [0.5, 0.6) is 5.75 Å². The van der Waals surface area contributed by atoms with Crippen molar-refractivity contribution in [1.82, 2.24) is 0 Å². The quantitative estimate of drug-likeness (QED) is 0.602. The summed E-state index contributed by atoms with van der Waals surface area (Å²) in [5, 5.41) is 0. The fourth-order valence-electron chi connectivity index (χ4n) is 4.33. The van der Waals surface area contributed by atoms with Gasteiger partial charge in [-0.15, -0.1) is 0 Å². The first-order valence-electron chi connectivity index (χ1n) is 11.2. The summed E-state index contributed by atoms with van der Waals surface area (Å²) < 4.78 is 39.0. The summed E-state index contributed by atoms with van der Waals surface area (Å²) >= 11 is 0. The molecule has 1 heterocycles. The summed E-state index contributed by atoms with van der Waals surface area (Å²) in [6.45, 7) is 19.5. The first-order chi connectivity index (χ1) is 14.4. The Hall–Kier alpha value is -1.80. The summed E-state index contributed by atoms with van der Waals surface area (Å²) in [5.74, 6) is -0.283. The molecular formula is C24H39BFNO5. The van der Waals surface area contributed by atoms with Crippen molar-refractivity contribution in [1.29, 1.82) is 0 Å². The smallest absolute Gasteiger partial charge is 0.483 e. The van der Waals surface area contributed by atoms with Gasteiger partial charge >= 0.3 is 13.2 Å². The van der Waals surface area contributed by atoms with Gasteiger partial charge in [-0.25, -0.2) is 9.18 Å². The van der Waals surface area contributed by atoms with Crippen LogP contribution in [0, 0.1) is 17.2 Å². The number of nitrogens with two attached hydrogens (primary N) is 1. The van der Waals surface area contributed by atoms with Gasteiger partial charge in [0.05, 0.1) is 11.2 Å². The molecule has 2 atom stereocenters. The third-order valence-electron chi connectivity index (χ3n) is 6.21. The maximum Gasteiger partial charge on any atom is 0.494 e. The van der Waals surface area contributed by atoms with E-state index in [0.717, 1.165) is 0 Å². The monoisotopic (exact) mass is 451 g/mol. The highest BCUT2D eigenvalue weighted by atomic mass is 19.1. The number of hydrogen-bond donors (Lipinski definition) is 1. The van der Waals surface area contributed by atoms with Crippen molar-refractivity contribution in [3.8, 4) is 5.75 Å². The molecule has 0 spiro atoms. The van der Waals surface area contributed by atoms with Crippen LogP contribution in [0.3, 0.4) is 0 Å². The zero-order chi connectivity index (χ0) is 24.7. The highest BCUT2D eigenvalue weighted by Gasteiger charge is 2.52. The molecule has 1 aliphatic heterocycles. The van der Waals surface area contributed by atoms with Gasteiger partial charge in [0.25, 0.3) is 0 Å². The minimum absolute atomic E-state index is 0.0632. The molecule has 0 saturated carbocycles. The van der Waals surface area contributed by atoms with Crippen LogP contribution in [0.4, 0.5) is 9.18 Å². The van der Waals surface area contributed by atoms with E-state index in [1.54, 1.807) is 19.1 Å². The van der Waals surface area contributed by atoms with E-state index in [2.05, 4.69) is 0 Å². The van der Waals surface area contributed by atoms with Crippen molar-refractivity contribution in [2.45, 2.75) is 98.6 Å². The van der Waals surface area contributed by atoms with Crippen molar-refractivity contribution in [3.05, 3.63) is 24.0 Å². The lowest BCUT2D eigenvalue weighted by molar-refractivity contribution is -0.108. The van der Waals surface area contributed by atoms with Crippen molar-refractivity contribution >= 4 is 18.7 Å². The third-order valence-corrected chi connectivity index (χ3v) is 6.21. The second-order valence-corrected chi connectivity index (χ2v) is 11.5. The van der Waals surface area contributed by atoms with Crippen LogP contribution in [0.1, 0.15) is 75.7 Å². The predicted molar refractivity (Wildman–Crippen MR) is 125 cm³/mol. The van der Waals surface area contributed by atoms with E-state index in [1.807, 2.05) is 62.3 Å². The highest BCUT2D eigenvalue weighted by molar-refractivity contribution is 6.62. The molecule has 1 amide bonds. The van der Waals surface area contributed by atoms with Crippen LogP contribution < -0.4 is 15.9 Å². The van der Waals surface area contributed by atoms with Gasteiger partial charge < -0.3 is 24.5 Å². The molecule has 1 fully saturated rings. The van der Waals surface area contributed by atoms with E-state index in [9.17, 15) is 4.79 Å². The maximum absolute atomic E-state index is 15.2. The summed E-state index contributed by atoms with van der Waals surface area (Å²) in [6.07, 6.45) is -1.03. The van der Waals surface area contributed by atoms with Gasteiger partial charge in [-0.2, -0.15) is 0 Å². The van der Waals surface area contributed by atoms with Gasteiger partial charge in [0.15, 0.2) is 11.6 Å². The lowest BCUT2D eigenvalue weighted by Crippen LogP contribution is -2.55. The Balaban J connectivity index is 2.36. The lowest BCUT2D eigenvalue weighted by atomic mass is 9.75. The Kier molecular flexibility index (Phi) is 7.33. The van der Waals surface area contributed by atoms with Crippen LogP contribution in [0.2, 0.25) is 0 Å². The average Bonchev–Trinajstić information content (AvgIpc) is 2.78. The molecule has 32 heavy (non-hydrogen) atoms. The Bertz CT molecular complexity index is 820. The van der Waals surface area contributed by atoms with Gasteiger partial charge in [-0.05, 0) is 64.6 Å². The van der Waals surface area contributed by atoms with Crippen LogP contribution in [0.25, 0.3) is 0 Å². The van der Waals surface area contributed by atoms with E-state index in [0.29, 0.717) is 11.9 Å². The molecule has 0 aromatic heterocycles. The first-order valence-corrected chi connectivity index (χ1v) is 11.2. The average molecular weight is 451 g/mol. The molecule has 0 aliphatic carbocycles. The minimum atomic E-state index is -1.05. The molecule has 6 nitrogen and oxygen atoms in total. The van der Waals surface area contributed by atoms with Gasteiger partial charge in [-0.3, -0.25) is 0 Å². The molecule has 1 saturated heterocycles. The van der Waals surface area contributed by atoms with Crippen molar-refractivity contribution in [3.63, 3.8) is 0 Å². The zero-order valence-corrected chi connectivity index (χ0v) is 21.2. The summed E-state index contributed by atoms with van der Waals surface area (Å²) in [7, 11) is -0.675. The molecule has 8 heteroatoms. The number of carbonyl (C=O) groups excluding carboxylic acids is 1. The summed E-state index contributed by atoms with van der Waals surface area (Å²) in [5.41, 5.74) is 3.37. The van der Waals surface area contributed by atoms with E-state index < -0.39 is 47.4 Å². The van der Waals surface area contributed by atoms with E-state index in [-0.39, 0.29) is 11.7 Å². The van der Waals surface area contributed by atoms with Crippen molar-refractivity contribution in [2.24, 2.45) is 17.1 Å². The van der Waals surface area contributed by atoms with E-state index in [4.69, 9.17) is 24.5 Å². The van der Waals surface area contributed by atoms with Crippen LogP contribution in [0.15, 0.2) is 18.2 Å². The number of benzene rings is 1. The van der Waals surface area contributed by atoms with Crippen LogP contribution in [-0.4, -0.2) is 36.1 Å². The van der Waals surface area contributed by atoms with Crippen molar-refractivity contribution < 1.29 is 28.0 Å². The van der Waals surface area contributed by atoms with E-state index in [1.165, 1.54) is 6.07 Å².